The van der Waals surface area contributed by atoms with Crippen molar-refractivity contribution in [1.82, 2.24) is 4.90 Å². The van der Waals surface area contributed by atoms with Crippen LogP contribution >= 0.6 is 11.6 Å². The summed E-state index contributed by atoms with van der Waals surface area (Å²) in [5.41, 5.74) is 0.532. The van der Waals surface area contributed by atoms with Crippen molar-refractivity contribution in [3.63, 3.8) is 0 Å². The maximum atomic E-state index is 12.4. The van der Waals surface area contributed by atoms with Gasteiger partial charge in [0.05, 0.1) is 12.1 Å². The number of phenols is 1. The minimum Gasteiger partial charge on any atom is -0.507 e. The maximum absolute atomic E-state index is 12.4. The number of para-hydroxylation sites is 1. The first-order valence-electron chi connectivity index (χ1n) is 5.39. The lowest BCUT2D eigenvalue weighted by molar-refractivity contribution is 0.0568. The molecule has 100 valence electrons. The Morgan fingerprint density at radius 3 is 2.72 bits per heavy atom. The van der Waals surface area contributed by atoms with Crippen LogP contribution in [0.5, 0.6) is 5.75 Å². The van der Waals surface area contributed by atoms with Gasteiger partial charge in [-0.15, -0.1) is 11.6 Å². The smallest absolute Gasteiger partial charge is 0.257 e. The quantitative estimate of drug-likeness (QED) is 0.841. The van der Waals surface area contributed by atoms with Gasteiger partial charge in [0.25, 0.3) is 12.3 Å². The van der Waals surface area contributed by atoms with Crippen LogP contribution in [0.3, 0.4) is 0 Å². The zero-order valence-electron chi connectivity index (χ0n) is 9.87. The fourth-order valence-electron chi connectivity index (χ4n) is 1.55. The third-order valence-electron chi connectivity index (χ3n) is 2.47. The zero-order valence-corrected chi connectivity index (χ0v) is 10.6. The Bertz CT molecular complexity index is 427. The molecule has 1 aromatic rings. The first-order valence-corrected chi connectivity index (χ1v) is 5.92. The number of phenolic OH excluding ortho intramolecular Hbond substituents is 1. The van der Waals surface area contributed by atoms with Gasteiger partial charge in [0, 0.05) is 12.4 Å². The molecule has 0 unspecified atom stereocenters. The molecule has 0 saturated carbocycles. The normalized spacial score (nSPS) is 10.7. The van der Waals surface area contributed by atoms with Gasteiger partial charge in [-0.1, -0.05) is 12.1 Å². The number of benzene rings is 1. The van der Waals surface area contributed by atoms with E-state index in [4.69, 9.17) is 11.6 Å². The molecular weight excluding hydrogens is 264 g/mol. The lowest BCUT2D eigenvalue weighted by atomic mass is 10.1. The number of rotatable bonds is 5. The lowest BCUT2D eigenvalue weighted by Crippen LogP contribution is -2.36. The number of aromatic hydroxyl groups is 1. The SMILES string of the molecule is Cc1cccc(C(=O)N(CCCl)CC(F)F)c1O. The van der Waals surface area contributed by atoms with E-state index in [1.807, 2.05) is 0 Å². The van der Waals surface area contributed by atoms with Gasteiger partial charge in [-0.25, -0.2) is 8.78 Å². The monoisotopic (exact) mass is 277 g/mol. The van der Waals surface area contributed by atoms with Gasteiger partial charge in [-0.05, 0) is 18.6 Å². The van der Waals surface area contributed by atoms with E-state index in [1.165, 1.54) is 6.07 Å². The van der Waals surface area contributed by atoms with Crippen molar-refractivity contribution in [1.29, 1.82) is 0 Å². The third-order valence-corrected chi connectivity index (χ3v) is 2.64. The number of hydrogen-bond donors (Lipinski definition) is 1. The number of alkyl halides is 3. The van der Waals surface area contributed by atoms with E-state index in [-0.39, 0.29) is 23.7 Å². The standard InChI is InChI=1S/C12H14ClF2NO2/c1-8-3-2-4-9(11(8)17)12(18)16(6-5-13)7-10(14)15/h2-4,10,17H,5-7H2,1H3. The molecule has 1 rings (SSSR count). The molecular formula is C12H14ClF2NO2. The van der Waals surface area contributed by atoms with Crippen LogP contribution in [0.4, 0.5) is 8.78 Å². The minimum atomic E-state index is -2.64. The van der Waals surface area contributed by atoms with Gasteiger partial charge in [0.15, 0.2) is 0 Å². The average molecular weight is 278 g/mol. The number of carbonyl (C=O) groups excluding carboxylic acids is 1. The second kappa shape index (κ2) is 6.54. The first-order chi connectivity index (χ1) is 8.47. The molecule has 1 aromatic carbocycles. The van der Waals surface area contributed by atoms with Crippen LogP contribution in [0.1, 0.15) is 15.9 Å². The van der Waals surface area contributed by atoms with Crippen LogP contribution < -0.4 is 0 Å². The maximum Gasteiger partial charge on any atom is 0.257 e. The number of nitrogens with zero attached hydrogens (tertiary/aromatic N) is 1. The highest BCUT2D eigenvalue weighted by atomic mass is 35.5. The molecule has 0 spiro atoms. The molecule has 6 heteroatoms. The van der Waals surface area contributed by atoms with Crippen molar-refractivity contribution in [3.05, 3.63) is 29.3 Å². The van der Waals surface area contributed by atoms with E-state index >= 15 is 0 Å². The number of carbonyl (C=O) groups is 1. The molecule has 0 aromatic heterocycles. The predicted molar refractivity (Wildman–Crippen MR) is 65.5 cm³/mol. The van der Waals surface area contributed by atoms with Gasteiger partial charge in [-0.2, -0.15) is 0 Å². The molecule has 0 radical (unpaired) electrons. The summed E-state index contributed by atoms with van der Waals surface area (Å²) >= 11 is 5.48. The van der Waals surface area contributed by atoms with Crippen molar-refractivity contribution in [2.75, 3.05) is 19.0 Å². The summed E-state index contributed by atoms with van der Waals surface area (Å²) in [6.07, 6.45) is -2.64. The van der Waals surface area contributed by atoms with Crippen LogP contribution in [-0.2, 0) is 0 Å². The molecule has 0 aliphatic heterocycles. The largest absolute Gasteiger partial charge is 0.507 e. The average Bonchev–Trinajstić information content (AvgIpc) is 2.31. The van der Waals surface area contributed by atoms with Crippen molar-refractivity contribution in [3.8, 4) is 5.75 Å². The van der Waals surface area contributed by atoms with E-state index in [0.29, 0.717) is 5.56 Å². The predicted octanol–water partition coefficient (Wildman–Crippen LogP) is 2.65. The van der Waals surface area contributed by atoms with E-state index < -0.39 is 18.9 Å². The summed E-state index contributed by atoms with van der Waals surface area (Å²) < 4.78 is 24.7. The van der Waals surface area contributed by atoms with Crippen molar-refractivity contribution >= 4 is 17.5 Å². The summed E-state index contributed by atoms with van der Waals surface area (Å²) in [6, 6.07) is 4.62. The Kier molecular flexibility index (Phi) is 5.34. The summed E-state index contributed by atoms with van der Waals surface area (Å²) in [4.78, 5) is 13.0. The highest BCUT2D eigenvalue weighted by Crippen LogP contribution is 2.23. The van der Waals surface area contributed by atoms with Crippen LogP contribution in [0, 0.1) is 6.92 Å². The van der Waals surface area contributed by atoms with E-state index in [2.05, 4.69) is 0 Å². The van der Waals surface area contributed by atoms with Crippen LogP contribution in [-0.4, -0.2) is 41.3 Å². The van der Waals surface area contributed by atoms with Crippen molar-refractivity contribution in [2.45, 2.75) is 13.3 Å². The lowest BCUT2D eigenvalue weighted by Gasteiger charge is -2.22. The molecule has 0 bridgehead atoms. The minimum absolute atomic E-state index is 0.0120. The molecule has 0 heterocycles. The Hall–Kier alpha value is -1.36. The fourth-order valence-corrected chi connectivity index (χ4v) is 1.75. The third kappa shape index (κ3) is 3.57. The highest BCUT2D eigenvalue weighted by Gasteiger charge is 2.22. The van der Waals surface area contributed by atoms with Crippen molar-refractivity contribution < 1.29 is 18.7 Å². The van der Waals surface area contributed by atoms with Gasteiger partial charge >= 0.3 is 0 Å². The van der Waals surface area contributed by atoms with Crippen LogP contribution in [0.15, 0.2) is 18.2 Å². The summed E-state index contributed by atoms with van der Waals surface area (Å²) in [5, 5.41) is 9.75. The molecule has 0 fully saturated rings. The second-order valence-corrected chi connectivity index (χ2v) is 4.18. The molecule has 0 saturated heterocycles. The zero-order chi connectivity index (χ0) is 13.7. The van der Waals surface area contributed by atoms with Gasteiger partial charge < -0.3 is 10.0 Å². The Balaban J connectivity index is 2.98. The van der Waals surface area contributed by atoms with Crippen LogP contribution in [0.2, 0.25) is 0 Å². The van der Waals surface area contributed by atoms with Crippen molar-refractivity contribution in [2.24, 2.45) is 0 Å². The Morgan fingerprint density at radius 2 is 2.17 bits per heavy atom. The number of aryl methyl sites for hydroxylation is 1. The number of amides is 1. The number of hydrogen-bond acceptors (Lipinski definition) is 2. The number of halogens is 3. The topological polar surface area (TPSA) is 40.5 Å². The summed E-state index contributed by atoms with van der Waals surface area (Å²) in [7, 11) is 0. The fraction of sp³-hybridized carbons (Fsp3) is 0.417. The summed E-state index contributed by atoms with van der Waals surface area (Å²) in [5.74, 6) is -0.765. The summed E-state index contributed by atoms with van der Waals surface area (Å²) in [6.45, 7) is 0.947. The van der Waals surface area contributed by atoms with E-state index in [0.717, 1.165) is 4.90 Å². The van der Waals surface area contributed by atoms with Gasteiger partial charge in [0.1, 0.15) is 5.75 Å². The molecule has 0 aliphatic rings. The van der Waals surface area contributed by atoms with Gasteiger partial charge in [-0.3, -0.25) is 4.79 Å². The van der Waals surface area contributed by atoms with E-state index in [9.17, 15) is 18.7 Å². The van der Waals surface area contributed by atoms with Crippen LogP contribution in [0.25, 0.3) is 0 Å². The molecule has 1 amide bonds. The highest BCUT2D eigenvalue weighted by molar-refractivity contribution is 6.18. The Morgan fingerprint density at radius 1 is 1.50 bits per heavy atom. The Labute approximate surface area is 109 Å². The van der Waals surface area contributed by atoms with Gasteiger partial charge in [0.2, 0.25) is 0 Å². The molecule has 0 atom stereocenters. The van der Waals surface area contributed by atoms with E-state index in [1.54, 1.807) is 19.1 Å². The molecule has 3 nitrogen and oxygen atoms in total. The molecule has 18 heavy (non-hydrogen) atoms. The first kappa shape index (κ1) is 14.7. The molecule has 1 N–H and O–H groups in total. The molecule has 0 aliphatic carbocycles. The second-order valence-electron chi connectivity index (χ2n) is 3.80.